The lowest BCUT2D eigenvalue weighted by Gasteiger charge is -2.30. The Morgan fingerprint density at radius 1 is 1.06 bits per heavy atom. The van der Waals surface area contributed by atoms with Gasteiger partial charge in [0, 0.05) is 11.9 Å². The number of benzene rings is 1. The SMILES string of the molecule is Cc1ccc2nc(C(=O)NCC3CCCCC3)nc(N[C@H]3CCCC[C@H]3N=C(N)N)c2c1. The summed E-state index contributed by atoms with van der Waals surface area (Å²) in [5.41, 5.74) is 13.2. The molecular formula is C24H35N7O. The van der Waals surface area contributed by atoms with Crippen LogP contribution < -0.4 is 22.1 Å². The predicted molar refractivity (Wildman–Crippen MR) is 129 cm³/mol. The van der Waals surface area contributed by atoms with Gasteiger partial charge < -0.3 is 22.1 Å². The summed E-state index contributed by atoms with van der Waals surface area (Å²) in [6.45, 7) is 2.73. The minimum atomic E-state index is -0.217. The lowest BCUT2D eigenvalue weighted by molar-refractivity contribution is 0.0933. The van der Waals surface area contributed by atoms with Gasteiger partial charge >= 0.3 is 0 Å². The third kappa shape index (κ3) is 5.47. The first kappa shape index (κ1) is 22.3. The van der Waals surface area contributed by atoms with Gasteiger partial charge in [-0.25, -0.2) is 15.0 Å². The Morgan fingerprint density at radius 3 is 2.59 bits per heavy atom. The lowest BCUT2D eigenvalue weighted by atomic mass is 9.89. The Balaban J connectivity index is 1.59. The van der Waals surface area contributed by atoms with Crippen molar-refractivity contribution < 1.29 is 4.79 Å². The number of anilines is 1. The van der Waals surface area contributed by atoms with Crippen molar-refractivity contribution in [3.8, 4) is 0 Å². The van der Waals surface area contributed by atoms with E-state index in [2.05, 4.69) is 31.7 Å². The lowest BCUT2D eigenvalue weighted by Crippen LogP contribution is -2.38. The largest absolute Gasteiger partial charge is 0.370 e. The summed E-state index contributed by atoms with van der Waals surface area (Å²) in [5, 5.41) is 7.53. The number of aryl methyl sites for hydroxylation is 1. The normalized spacial score (nSPS) is 21.8. The Morgan fingerprint density at radius 2 is 1.81 bits per heavy atom. The van der Waals surface area contributed by atoms with Crippen LogP contribution in [0.15, 0.2) is 23.2 Å². The number of carbonyl (C=O) groups excluding carboxylic acids is 1. The Hall–Kier alpha value is -2.90. The Labute approximate surface area is 189 Å². The standard InChI is InChI=1S/C24H35N7O/c1-15-11-12-18-17(13-15)21(29-19-9-5-6-10-20(19)30-24(25)26)31-22(28-18)23(32)27-14-16-7-3-2-4-8-16/h11-13,16,19-20H,2-10,14H2,1H3,(H,27,32)(H4,25,26,30)(H,28,29,31)/t19-,20+/m0/s1. The van der Waals surface area contributed by atoms with Crippen LogP contribution in [0.3, 0.4) is 0 Å². The molecule has 172 valence electrons. The summed E-state index contributed by atoms with van der Waals surface area (Å²) in [4.78, 5) is 26.6. The molecule has 8 nitrogen and oxygen atoms in total. The highest BCUT2D eigenvalue weighted by atomic mass is 16.2. The maximum atomic E-state index is 12.9. The second-order valence-corrected chi connectivity index (χ2v) is 9.29. The number of nitrogens with one attached hydrogen (secondary N) is 2. The van der Waals surface area contributed by atoms with E-state index in [-0.39, 0.29) is 29.8 Å². The molecule has 0 aliphatic heterocycles. The first-order valence-electron chi connectivity index (χ1n) is 11.9. The predicted octanol–water partition coefficient (Wildman–Crippen LogP) is 3.24. The summed E-state index contributed by atoms with van der Waals surface area (Å²) in [6, 6.07) is 6.06. The van der Waals surface area contributed by atoms with Crippen molar-refractivity contribution in [3.05, 3.63) is 29.6 Å². The molecule has 0 spiro atoms. The first-order valence-corrected chi connectivity index (χ1v) is 11.9. The number of guanidine groups is 1. The average Bonchev–Trinajstić information content (AvgIpc) is 2.79. The number of aliphatic imine (C=N–C) groups is 1. The molecule has 2 aliphatic carbocycles. The van der Waals surface area contributed by atoms with Gasteiger partial charge in [0.25, 0.3) is 5.91 Å². The fourth-order valence-corrected chi connectivity index (χ4v) is 4.96. The Bertz CT molecular complexity index is 980. The van der Waals surface area contributed by atoms with Crippen molar-refractivity contribution in [2.24, 2.45) is 22.4 Å². The van der Waals surface area contributed by atoms with Gasteiger partial charge in [-0.15, -0.1) is 0 Å². The average molecular weight is 438 g/mol. The third-order valence-electron chi connectivity index (χ3n) is 6.70. The molecule has 0 unspecified atom stereocenters. The topological polar surface area (TPSA) is 131 Å². The molecule has 0 bridgehead atoms. The van der Waals surface area contributed by atoms with Crippen LogP contribution in [0.2, 0.25) is 0 Å². The van der Waals surface area contributed by atoms with Gasteiger partial charge in [0.15, 0.2) is 5.96 Å². The van der Waals surface area contributed by atoms with Gasteiger partial charge in [0.1, 0.15) is 5.82 Å². The van der Waals surface area contributed by atoms with E-state index >= 15 is 0 Å². The maximum absolute atomic E-state index is 12.9. The molecule has 8 heteroatoms. The van der Waals surface area contributed by atoms with Crippen LogP contribution in [0.25, 0.3) is 10.9 Å². The monoisotopic (exact) mass is 437 g/mol. The molecule has 1 aromatic carbocycles. The van der Waals surface area contributed by atoms with Gasteiger partial charge in [0.05, 0.1) is 17.6 Å². The number of amides is 1. The van der Waals surface area contributed by atoms with Crippen LogP contribution >= 0.6 is 0 Å². The van der Waals surface area contributed by atoms with Crippen molar-refractivity contribution in [2.45, 2.75) is 76.8 Å². The van der Waals surface area contributed by atoms with E-state index in [4.69, 9.17) is 11.5 Å². The molecule has 2 fully saturated rings. The van der Waals surface area contributed by atoms with E-state index in [9.17, 15) is 4.79 Å². The van der Waals surface area contributed by atoms with E-state index < -0.39 is 0 Å². The molecule has 6 N–H and O–H groups in total. The number of nitrogens with zero attached hydrogens (tertiary/aromatic N) is 3. The Kier molecular flexibility index (Phi) is 7.07. The second kappa shape index (κ2) is 10.1. The van der Waals surface area contributed by atoms with E-state index in [0.717, 1.165) is 42.1 Å². The minimum absolute atomic E-state index is 0.00727. The molecule has 2 atom stereocenters. The van der Waals surface area contributed by atoms with Gasteiger partial charge in [-0.1, -0.05) is 43.7 Å². The van der Waals surface area contributed by atoms with Crippen molar-refractivity contribution in [3.63, 3.8) is 0 Å². The highest BCUT2D eigenvalue weighted by molar-refractivity contribution is 5.96. The van der Waals surface area contributed by atoms with Gasteiger partial charge in [0.2, 0.25) is 5.82 Å². The summed E-state index contributed by atoms with van der Waals surface area (Å²) < 4.78 is 0. The molecule has 2 aliphatic rings. The molecule has 2 saturated carbocycles. The number of hydrogen-bond acceptors (Lipinski definition) is 5. The number of hydrogen-bond donors (Lipinski definition) is 4. The summed E-state index contributed by atoms with van der Waals surface area (Å²) in [5.74, 6) is 1.31. The van der Waals surface area contributed by atoms with Gasteiger partial charge in [-0.3, -0.25) is 4.79 Å². The molecule has 4 rings (SSSR count). The summed E-state index contributed by atoms with van der Waals surface area (Å²) in [6.07, 6.45) is 10.2. The highest BCUT2D eigenvalue weighted by Crippen LogP contribution is 2.28. The van der Waals surface area contributed by atoms with Crippen molar-refractivity contribution in [2.75, 3.05) is 11.9 Å². The highest BCUT2D eigenvalue weighted by Gasteiger charge is 2.26. The zero-order valence-electron chi connectivity index (χ0n) is 18.9. The molecule has 1 amide bonds. The number of carbonyl (C=O) groups is 1. The molecule has 0 radical (unpaired) electrons. The van der Waals surface area contributed by atoms with E-state index in [1.54, 1.807) is 0 Å². The maximum Gasteiger partial charge on any atom is 0.289 e. The van der Waals surface area contributed by atoms with Gasteiger partial charge in [-0.05, 0) is 50.7 Å². The molecule has 1 aromatic heterocycles. The van der Waals surface area contributed by atoms with Crippen molar-refractivity contribution in [1.29, 1.82) is 0 Å². The molecular weight excluding hydrogens is 402 g/mol. The minimum Gasteiger partial charge on any atom is -0.370 e. The number of fused-ring (bicyclic) bond motifs is 1. The van der Waals surface area contributed by atoms with Crippen LogP contribution in [0.5, 0.6) is 0 Å². The van der Waals surface area contributed by atoms with Crippen molar-refractivity contribution >= 4 is 28.6 Å². The number of aromatic nitrogens is 2. The zero-order chi connectivity index (χ0) is 22.5. The van der Waals surface area contributed by atoms with E-state index in [1.807, 2.05) is 19.1 Å². The second-order valence-electron chi connectivity index (χ2n) is 9.29. The van der Waals surface area contributed by atoms with Gasteiger partial charge in [-0.2, -0.15) is 0 Å². The van der Waals surface area contributed by atoms with Crippen LogP contribution in [-0.2, 0) is 0 Å². The zero-order valence-corrected chi connectivity index (χ0v) is 18.9. The number of nitrogens with two attached hydrogens (primary N) is 2. The smallest absolute Gasteiger partial charge is 0.289 e. The van der Waals surface area contributed by atoms with Crippen LogP contribution in [0.4, 0.5) is 5.82 Å². The summed E-state index contributed by atoms with van der Waals surface area (Å²) >= 11 is 0. The molecule has 0 saturated heterocycles. The van der Waals surface area contributed by atoms with E-state index in [0.29, 0.717) is 18.3 Å². The molecule has 2 aromatic rings. The first-order chi connectivity index (χ1) is 15.5. The quantitative estimate of drug-likeness (QED) is 0.405. The number of rotatable bonds is 6. The van der Waals surface area contributed by atoms with Crippen LogP contribution in [-0.4, -0.2) is 40.5 Å². The van der Waals surface area contributed by atoms with Crippen LogP contribution in [0, 0.1) is 12.8 Å². The van der Waals surface area contributed by atoms with E-state index in [1.165, 1.54) is 32.1 Å². The van der Waals surface area contributed by atoms with Crippen LogP contribution in [0.1, 0.15) is 74.0 Å². The third-order valence-corrected chi connectivity index (χ3v) is 6.70. The molecule has 1 heterocycles. The van der Waals surface area contributed by atoms with Crippen molar-refractivity contribution in [1.82, 2.24) is 15.3 Å². The fourth-order valence-electron chi connectivity index (χ4n) is 4.96. The molecule has 32 heavy (non-hydrogen) atoms. The summed E-state index contributed by atoms with van der Waals surface area (Å²) in [7, 11) is 0. The fraction of sp³-hybridized carbons (Fsp3) is 0.583.